The van der Waals surface area contributed by atoms with Crippen LogP contribution >= 0.6 is 0 Å². The molecule has 100 valence electrons. The molecule has 0 saturated heterocycles. The molecule has 0 aromatic heterocycles. The lowest BCUT2D eigenvalue weighted by Gasteiger charge is -2.17. The number of hydrogen-bond donors (Lipinski definition) is 3. The molecule has 0 saturated carbocycles. The second-order valence-electron chi connectivity index (χ2n) is 4.72. The molecule has 1 aromatic carbocycles. The molecule has 18 heavy (non-hydrogen) atoms. The Morgan fingerprint density at radius 2 is 2.06 bits per heavy atom. The number of carbonyl (C=O) groups is 1. The molecule has 2 atom stereocenters. The molecular formula is C14H21NO3. The molecule has 0 aliphatic heterocycles. The topological polar surface area (TPSA) is 69.6 Å². The van der Waals surface area contributed by atoms with Gasteiger partial charge < -0.3 is 15.5 Å². The number of benzene rings is 1. The number of aliphatic hydroxyl groups is 1. The van der Waals surface area contributed by atoms with Gasteiger partial charge in [-0.15, -0.1) is 0 Å². The Hall–Kier alpha value is -1.55. The van der Waals surface area contributed by atoms with Gasteiger partial charge in [0.05, 0.1) is 6.10 Å². The van der Waals surface area contributed by atoms with E-state index < -0.39 is 6.10 Å². The van der Waals surface area contributed by atoms with E-state index in [-0.39, 0.29) is 24.1 Å². The van der Waals surface area contributed by atoms with Gasteiger partial charge in [0.25, 0.3) is 5.91 Å². The van der Waals surface area contributed by atoms with E-state index in [0.29, 0.717) is 5.56 Å². The first-order valence-electron chi connectivity index (χ1n) is 6.21. The van der Waals surface area contributed by atoms with Crippen molar-refractivity contribution in [1.29, 1.82) is 0 Å². The summed E-state index contributed by atoms with van der Waals surface area (Å²) in [7, 11) is 0. The van der Waals surface area contributed by atoms with Crippen molar-refractivity contribution in [3.05, 3.63) is 29.3 Å². The molecule has 2 unspecified atom stereocenters. The Bertz CT molecular complexity index is 397. The van der Waals surface area contributed by atoms with Gasteiger partial charge in [0.2, 0.25) is 0 Å². The van der Waals surface area contributed by atoms with Crippen LogP contribution in [0.4, 0.5) is 0 Å². The van der Waals surface area contributed by atoms with E-state index in [2.05, 4.69) is 5.32 Å². The number of aliphatic hydroxyl groups excluding tert-OH is 1. The van der Waals surface area contributed by atoms with Crippen LogP contribution in [0.1, 0.15) is 36.2 Å². The van der Waals surface area contributed by atoms with Crippen molar-refractivity contribution in [2.75, 3.05) is 6.54 Å². The molecule has 0 fully saturated rings. The van der Waals surface area contributed by atoms with E-state index in [9.17, 15) is 15.0 Å². The Balaban J connectivity index is 2.60. The lowest BCUT2D eigenvalue weighted by atomic mass is 10.0. The Morgan fingerprint density at radius 1 is 1.39 bits per heavy atom. The van der Waals surface area contributed by atoms with E-state index in [1.165, 1.54) is 6.07 Å². The fourth-order valence-electron chi connectivity index (χ4n) is 1.67. The fourth-order valence-corrected chi connectivity index (χ4v) is 1.67. The van der Waals surface area contributed by atoms with E-state index in [1.54, 1.807) is 12.1 Å². The van der Waals surface area contributed by atoms with Gasteiger partial charge in [0.15, 0.2) is 0 Å². The molecule has 4 nitrogen and oxygen atoms in total. The summed E-state index contributed by atoms with van der Waals surface area (Å²) in [4.78, 5) is 11.8. The van der Waals surface area contributed by atoms with Crippen LogP contribution in [0.5, 0.6) is 5.75 Å². The smallest absolute Gasteiger partial charge is 0.251 e. The van der Waals surface area contributed by atoms with E-state index in [0.717, 1.165) is 12.0 Å². The zero-order valence-electron chi connectivity index (χ0n) is 11.1. The molecule has 4 heteroatoms. The number of phenolic OH excluding ortho intramolecular Hbond substituents is 1. The normalized spacial score (nSPS) is 14.0. The van der Waals surface area contributed by atoms with Crippen LogP contribution in [-0.4, -0.2) is 28.8 Å². The maximum absolute atomic E-state index is 11.8. The van der Waals surface area contributed by atoms with Gasteiger partial charge in [-0.1, -0.05) is 20.3 Å². The second kappa shape index (κ2) is 6.40. The lowest BCUT2D eigenvalue weighted by Crippen LogP contribution is -2.35. The molecular weight excluding hydrogens is 230 g/mol. The SMILES string of the molecule is CCC(C)C(O)CNC(=O)c1cc(C)cc(O)c1. The van der Waals surface area contributed by atoms with Crippen molar-refractivity contribution in [2.45, 2.75) is 33.3 Å². The predicted octanol–water partition coefficient (Wildman–Crippen LogP) is 1.84. The zero-order valence-corrected chi connectivity index (χ0v) is 11.1. The summed E-state index contributed by atoms with van der Waals surface area (Å²) in [6.07, 6.45) is 0.319. The molecule has 0 aliphatic rings. The van der Waals surface area contributed by atoms with Gasteiger partial charge in [0, 0.05) is 12.1 Å². The number of aryl methyl sites for hydroxylation is 1. The van der Waals surface area contributed by atoms with Crippen molar-refractivity contribution >= 4 is 5.91 Å². The highest BCUT2D eigenvalue weighted by Gasteiger charge is 2.14. The molecule has 3 N–H and O–H groups in total. The monoisotopic (exact) mass is 251 g/mol. The number of hydrogen-bond acceptors (Lipinski definition) is 3. The van der Waals surface area contributed by atoms with Crippen LogP contribution in [-0.2, 0) is 0 Å². The van der Waals surface area contributed by atoms with Crippen molar-refractivity contribution in [3.63, 3.8) is 0 Å². The summed E-state index contributed by atoms with van der Waals surface area (Å²) in [5.74, 6) is -0.0600. The van der Waals surface area contributed by atoms with Crippen molar-refractivity contribution < 1.29 is 15.0 Å². The Kier molecular flexibility index (Phi) is 5.16. The largest absolute Gasteiger partial charge is 0.508 e. The highest BCUT2D eigenvalue weighted by atomic mass is 16.3. The summed E-state index contributed by atoms with van der Waals surface area (Å²) < 4.78 is 0. The van der Waals surface area contributed by atoms with E-state index in [4.69, 9.17) is 0 Å². The van der Waals surface area contributed by atoms with Gasteiger partial charge >= 0.3 is 0 Å². The Labute approximate surface area is 108 Å². The zero-order chi connectivity index (χ0) is 13.7. The molecule has 0 bridgehead atoms. The lowest BCUT2D eigenvalue weighted by molar-refractivity contribution is 0.0850. The number of aromatic hydroxyl groups is 1. The first kappa shape index (κ1) is 14.5. The fraction of sp³-hybridized carbons (Fsp3) is 0.500. The minimum atomic E-state index is -0.544. The van der Waals surface area contributed by atoms with E-state index >= 15 is 0 Å². The van der Waals surface area contributed by atoms with Gasteiger partial charge in [-0.2, -0.15) is 0 Å². The summed E-state index contributed by atoms with van der Waals surface area (Å²) in [5, 5.41) is 21.8. The third-order valence-electron chi connectivity index (χ3n) is 3.10. The Morgan fingerprint density at radius 3 is 2.61 bits per heavy atom. The standard InChI is InChI=1S/C14H21NO3/c1-4-10(3)13(17)8-15-14(18)11-5-9(2)6-12(16)7-11/h5-7,10,13,16-17H,4,8H2,1-3H3,(H,15,18). The molecule has 1 amide bonds. The van der Waals surface area contributed by atoms with Gasteiger partial charge in [-0.3, -0.25) is 4.79 Å². The average Bonchev–Trinajstić information content (AvgIpc) is 2.33. The minimum absolute atomic E-state index is 0.0719. The third-order valence-corrected chi connectivity index (χ3v) is 3.10. The molecule has 1 aromatic rings. The number of amides is 1. The van der Waals surface area contributed by atoms with Crippen LogP contribution in [0, 0.1) is 12.8 Å². The minimum Gasteiger partial charge on any atom is -0.508 e. The van der Waals surface area contributed by atoms with Gasteiger partial charge in [0.1, 0.15) is 5.75 Å². The van der Waals surface area contributed by atoms with Crippen molar-refractivity contribution in [3.8, 4) is 5.75 Å². The highest BCUT2D eigenvalue weighted by Crippen LogP contribution is 2.15. The van der Waals surface area contributed by atoms with Gasteiger partial charge in [-0.25, -0.2) is 0 Å². The number of carbonyl (C=O) groups excluding carboxylic acids is 1. The second-order valence-corrected chi connectivity index (χ2v) is 4.72. The first-order valence-corrected chi connectivity index (χ1v) is 6.21. The van der Waals surface area contributed by atoms with Crippen molar-refractivity contribution in [2.24, 2.45) is 5.92 Å². The predicted molar refractivity (Wildman–Crippen MR) is 70.6 cm³/mol. The van der Waals surface area contributed by atoms with Crippen LogP contribution in [0.25, 0.3) is 0 Å². The van der Waals surface area contributed by atoms with E-state index in [1.807, 2.05) is 20.8 Å². The average molecular weight is 251 g/mol. The molecule has 0 spiro atoms. The summed E-state index contributed by atoms with van der Waals surface area (Å²) in [5.41, 5.74) is 1.23. The molecule has 1 rings (SSSR count). The maximum atomic E-state index is 11.8. The number of phenols is 1. The van der Waals surface area contributed by atoms with Crippen LogP contribution in [0.15, 0.2) is 18.2 Å². The van der Waals surface area contributed by atoms with Crippen molar-refractivity contribution in [1.82, 2.24) is 5.32 Å². The number of nitrogens with one attached hydrogen (secondary N) is 1. The van der Waals surface area contributed by atoms with Crippen LogP contribution in [0.2, 0.25) is 0 Å². The van der Waals surface area contributed by atoms with Crippen LogP contribution in [0.3, 0.4) is 0 Å². The molecule has 0 aliphatic carbocycles. The first-order chi connectivity index (χ1) is 8.43. The molecule has 0 heterocycles. The molecule has 0 radical (unpaired) electrons. The van der Waals surface area contributed by atoms with Gasteiger partial charge in [-0.05, 0) is 36.6 Å². The summed E-state index contributed by atoms with van der Waals surface area (Å²) in [6, 6.07) is 4.70. The van der Waals surface area contributed by atoms with Crippen LogP contribution < -0.4 is 5.32 Å². The summed E-state index contributed by atoms with van der Waals surface area (Å²) in [6.45, 7) is 5.97. The number of rotatable bonds is 5. The quantitative estimate of drug-likeness (QED) is 0.748. The maximum Gasteiger partial charge on any atom is 0.251 e. The summed E-state index contributed by atoms with van der Waals surface area (Å²) >= 11 is 0. The highest BCUT2D eigenvalue weighted by molar-refractivity contribution is 5.94. The third kappa shape index (κ3) is 4.04.